The van der Waals surface area contributed by atoms with Crippen LogP contribution in [0.3, 0.4) is 0 Å². The van der Waals surface area contributed by atoms with Gasteiger partial charge >= 0.3 is 0 Å². The maximum absolute atomic E-state index is 12.4. The summed E-state index contributed by atoms with van der Waals surface area (Å²) in [6, 6.07) is 7.53. The SMILES string of the molecule is CCCC(O)(CCC)CNC(=NCc1cccc(C(=O)NC(C)(C)C)c1)NCC.I. The molecule has 0 bridgehead atoms. The van der Waals surface area contributed by atoms with Crippen molar-refractivity contribution in [2.24, 2.45) is 4.99 Å². The van der Waals surface area contributed by atoms with Crippen LogP contribution in [-0.4, -0.2) is 41.2 Å². The van der Waals surface area contributed by atoms with Crippen LogP contribution in [0.1, 0.15) is 83.1 Å². The summed E-state index contributed by atoms with van der Waals surface area (Å²) < 4.78 is 0. The zero-order valence-electron chi connectivity index (χ0n) is 19.5. The van der Waals surface area contributed by atoms with E-state index >= 15 is 0 Å². The van der Waals surface area contributed by atoms with Crippen LogP contribution in [0.15, 0.2) is 29.3 Å². The van der Waals surface area contributed by atoms with Crippen LogP contribution in [0.25, 0.3) is 0 Å². The van der Waals surface area contributed by atoms with Crippen molar-refractivity contribution in [1.82, 2.24) is 16.0 Å². The van der Waals surface area contributed by atoms with Crippen molar-refractivity contribution in [3.8, 4) is 0 Å². The fourth-order valence-electron chi connectivity index (χ4n) is 3.22. The lowest BCUT2D eigenvalue weighted by Gasteiger charge is -2.28. The van der Waals surface area contributed by atoms with Crippen LogP contribution in [0, 0.1) is 0 Å². The van der Waals surface area contributed by atoms with Gasteiger partial charge in [0, 0.05) is 24.2 Å². The Labute approximate surface area is 199 Å². The predicted molar refractivity (Wildman–Crippen MR) is 137 cm³/mol. The fraction of sp³-hybridized carbons (Fsp3) is 0.652. The van der Waals surface area contributed by atoms with Gasteiger partial charge in [0.25, 0.3) is 5.91 Å². The number of benzene rings is 1. The summed E-state index contributed by atoms with van der Waals surface area (Å²) in [6.45, 7) is 13.7. The number of rotatable bonds is 10. The molecular formula is C23H41IN4O2. The van der Waals surface area contributed by atoms with E-state index in [2.05, 4.69) is 34.8 Å². The summed E-state index contributed by atoms with van der Waals surface area (Å²) in [5.41, 5.74) is 0.596. The highest BCUT2D eigenvalue weighted by molar-refractivity contribution is 14.0. The smallest absolute Gasteiger partial charge is 0.251 e. The summed E-state index contributed by atoms with van der Waals surface area (Å²) in [5, 5.41) is 20.3. The van der Waals surface area contributed by atoms with Crippen LogP contribution in [0.2, 0.25) is 0 Å². The minimum Gasteiger partial charge on any atom is -0.388 e. The number of aliphatic imine (C=N–C) groups is 1. The number of carbonyl (C=O) groups excluding carboxylic acids is 1. The molecule has 1 aromatic rings. The van der Waals surface area contributed by atoms with Crippen LogP contribution in [0.5, 0.6) is 0 Å². The zero-order chi connectivity index (χ0) is 21.9. The van der Waals surface area contributed by atoms with Gasteiger partial charge in [-0.2, -0.15) is 0 Å². The first kappa shape index (κ1) is 28.6. The first-order valence-electron chi connectivity index (χ1n) is 10.8. The number of nitrogens with zero attached hydrogens (tertiary/aromatic N) is 1. The second-order valence-electron chi connectivity index (χ2n) is 8.68. The molecule has 0 radical (unpaired) electrons. The number of carbonyl (C=O) groups is 1. The largest absolute Gasteiger partial charge is 0.388 e. The van der Waals surface area contributed by atoms with Crippen LogP contribution in [0.4, 0.5) is 0 Å². The summed E-state index contributed by atoms with van der Waals surface area (Å²) in [5.74, 6) is 0.584. The van der Waals surface area contributed by atoms with Gasteiger partial charge in [0.15, 0.2) is 5.96 Å². The molecule has 6 nitrogen and oxygen atoms in total. The van der Waals surface area contributed by atoms with E-state index in [-0.39, 0.29) is 35.4 Å². The molecule has 0 unspecified atom stereocenters. The van der Waals surface area contributed by atoms with E-state index in [1.807, 2.05) is 52.0 Å². The van der Waals surface area contributed by atoms with Crippen LogP contribution < -0.4 is 16.0 Å². The minimum atomic E-state index is -0.718. The standard InChI is InChI=1S/C23H40N4O2.HI/c1-7-13-23(29,14-8-2)17-26-21(24-9-3)25-16-18-11-10-12-19(15-18)20(28)27-22(4,5)6;/h10-12,15,29H,7-9,13-14,16-17H2,1-6H3,(H,27,28)(H2,24,25,26);1H. The molecule has 7 heteroatoms. The molecule has 1 rings (SSSR count). The van der Waals surface area contributed by atoms with E-state index in [1.54, 1.807) is 0 Å². The van der Waals surface area contributed by atoms with Gasteiger partial charge in [-0.05, 0) is 58.2 Å². The van der Waals surface area contributed by atoms with E-state index in [1.165, 1.54) is 0 Å². The normalized spacial score (nSPS) is 12.2. The molecule has 0 aliphatic carbocycles. The first-order chi connectivity index (χ1) is 13.6. The van der Waals surface area contributed by atoms with Crippen molar-refractivity contribution < 1.29 is 9.90 Å². The quantitative estimate of drug-likeness (QED) is 0.207. The topological polar surface area (TPSA) is 85.8 Å². The molecule has 0 saturated carbocycles. The monoisotopic (exact) mass is 532 g/mol. The van der Waals surface area contributed by atoms with Gasteiger partial charge in [0.2, 0.25) is 0 Å². The Morgan fingerprint density at radius 2 is 1.70 bits per heavy atom. The van der Waals surface area contributed by atoms with Gasteiger partial charge in [-0.25, -0.2) is 4.99 Å². The Bertz CT molecular complexity index is 665. The number of hydrogen-bond donors (Lipinski definition) is 4. The molecule has 0 atom stereocenters. The lowest BCUT2D eigenvalue weighted by molar-refractivity contribution is 0.0257. The Morgan fingerprint density at radius 3 is 2.23 bits per heavy atom. The van der Waals surface area contributed by atoms with Gasteiger partial charge in [-0.3, -0.25) is 4.79 Å². The van der Waals surface area contributed by atoms with Crippen molar-refractivity contribution in [3.63, 3.8) is 0 Å². The zero-order valence-corrected chi connectivity index (χ0v) is 21.8. The molecule has 0 saturated heterocycles. The second kappa shape index (κ2) is 13.9. The average Bonchev–Trinajstić information content (AvgIpc) is 2.63. The molecule has 0 aliphatic heterocycles. The minimum absolute atomic E-state index is 0. The van der Waals surface area contributed by atoms with Crippen molar-refractivity contribution in [1.29, 1.82) is 0 Å². The molecule has 0 heterocycles. The van der Waals surface area contributed by atoms with Crippen molar-refractivity contribution in [2.75, 3.05) is 13.1 Å². The Morgan fingerprint density at radius 1 is 1.07 bits per heavy atom. The van der Waals surface area contributed by atoms with Crippen molar-refractivity contribution in [2.45, 2.75) is 84.9 Å². The third-order valence-corrected chi connectivity index (χ3v) is 4.46. The summed E-state index contributed by atoms with van der Waals surface area (Å²) >= 11 is 0. The summed E-state index contributed by atoms with van der Waals surface area (Å²) in [4.78, 5) is 17.0. The molecule has 1 aromatic carbocycles. The highest BCUT2D eigenvalue weighted by Crippen LogP contribution is 2.18. The number of nitrogens with one attached hydrogen (secondary N) is 3. The Balaban J connectivity index is 0.00000841. The maximum Gasteiger partial charge on any atom is 0.251 e. The fourth-order valence-corrected chi connectivity index (χ4v) is 3.22. The first-order valence-corrected chi connectivity index (χ1v) is 10.8. The van der Waals surface area contributed by atoms with Crippen molar-refractivity contribution >= 4 is 35.8 Å². The molecular weight excluding hydrogens is 491 g/mol. The lowest BCUT2D eigenvalue weighted by Crippen LogP contribution is -2.47. The number of hydrogen-bond acceptors (Lipinski definition) is 3. The lowest BCUT2D eigenvalue weighted by atomic mass is 9.93. The molecule has 0 aliphatic rings. The molecule has 4 N–H and O–H groups in total. The van der Waals surface area contributed by atoms with E-state index in [0.29, 0.717) is 24.6 Å². The molecule has 1 amide bonds. The Kier molecular flexibility index (Phi) is 13.2. The molecule has 0 aromatic heterocycles. The molecule has 0 spiro atoms. The third-order valence-electron chi connectivity index (χ3n) is 4.46. The highest BCUT2D eigenvalue weighted by atomic mass is 127. The third kappa shape index (κ3) is 11.2. The van der Waals surface area contributed by atoms with E-state index in [4.69, 9.17) is 0 Å². The van der Waals surface area contributed by atoms with Crippen LogP contribution >= 0.6 is 24.0 Å². The van der Waals surface area contributed by atoms with Gasteiger partial charge in [0.05, 0.1) is 12.1 Å². The summed E-state index contributed by atoms with van der Waals surface area (Å²) in [6.07, 6.45) is 3.40. The summed E-state index contributed by atoms with van der Waals surface area (Å²) in [7, 11) is 0. The average molecular weight is 533 g/mol. The van der Waals surface area contributed by atoms with E-state index in [9.17, 15) is 9.90 Å². The predicted octanol–water partition coefficient (Wildman–Crippen LogP) is 4.22. The number of aliphatic hydroxyl groups is 1. The van der Waals surface area contributed by atoms with Gasteiger partial charge in [-0.15, -0.1) is 24.0 Å². The number of amides is 1. The van der Waals surface area contributed by atoms with Crippen LogP contribution in [-0.2, 0) is 6.54 Å². The number of guanidine groups is 1. The molecule has 172 valence electrons. The highest BCUT2D eigenvalue weighted by Gasteiger charge is 2.25. The van der Waals surface area contributed by atoms with Gasteiger partial charge < -0.3 is 21.1 Å². The van der Waals surface area contributed by atoms with E-state index in [0.717, 1.165) is 37.8 Å². The van der Waals surface area contributed by atoms with Gasteiger partial charge in [0.1, 0.15) is 0 Å². The number of halogens is 1. The molecule has 30 heavy (non-hydrogen) atoms. The molecule has 0 fully saturated rings. The second-order valence-corrected chi connectivity index (χ2v) is 8.68. The van der Waals surface area contributed by atoms with Gasteiger partial charge in [-0.1, -0.05) is 38.8 Å². The van der Waals surface area contributed by atoms with E-state index < -0.39 is 5.60 Å². The van der Waals surface area contributed by atoms with Crippen molar-refractivity contribution in [3.05, 3.63) is 35.4 Å². The Hall–Kier alpha value is -1.35. The maximum atomic E-state index is 12.4.